The van der Waals surface area contributed by atoms with Gasteiger partial charge in [-0.25, -0.2) is 0 Å². The van der Waals surface area contributed by atoms with Gasteiger partial charge in [0.05, 0.1) is 0 Å². The van der Waals surface area contributed by atoms with E-state index in [-0.39, 0.29) is 0 Å². The van der Waals surface area contributed by atoms with Crippen LogP contribution < -0.4 is 0 Å². The summed E-state index contributed by atoms with van der Waals surface area (Å²) in [4.78, 5) is 6.62. The lowest BCUT2D eigenvalue weighted by Crippen LogP contribution is -2.22. The summed E-state index contributed by atoms with van der Waals surface area (Å²) in [6, 6.07) is 2.85. The molecule has 0 radical (unpaired) electrons. The summed E-state index contributed by atoms with van der Waals surface area (Å²) in [5.41, 5.74) is 3.02. The van der Waals surface area contributed by atoms with E-state index >= 15 is 0 Å². The molecular weight excluding hydrogens is 148 g/mol. The molecule has 3 rings (SSSR count). The third kappa shape index (κ3) is 0.661. The maximum absolute atomic E-state index is 4.18. The second kappa shape index (κ2) is 2.07. The Morgan fingerprint density at radius 2 is 2.42 bits per heavy atom. The monoisotopic (exact) mass is 160 g/mol. The number of aromatic nitrogens is 1. The van der Waals surface area contributed by atoms with Crippen LogP contribution in [-0.2, 0) is 0 Å². The Kier molecular flexibility index (Phi) is 1.14. The van der Waals surface area contributed by atoms with E-state index in [0.717, 1.165) is 5.92 Å². The fraction of sp³-hybridized carbons (Fsp3) is 0.500. The lowest BCUT2D eigenvalue weighted by Gasteiger charge is -2.23. The van der Waals surface area contributed by atoms with Crippen LogP contribution in [0.4, 0.5) is 0 Å². The van der Waals surface area contributed by atoms with Crippen molar-refractivity contribution in [2.75, 3.05) is 13.6 Å². The van der Waals surface area contributed by atoms with Crippen LogP contribution in [0.25, 0.3) is 0 Å². The second-order valence-electron chi connectivity index (χ2n) is 3.89. The number of pyridine rings is 1. The van der Waals surface area contributed by atoms with Crippen molar-refractivity contribution in [2.24, 2.45) is 0 Å². The molecule has 0 unspecified atom stereocenters. The fourth-order valence-corrected chi connectivity index (χ4v) is 2.66. The third-order valence-electron chi connectivity index (χ3n) is 3.23. The van der Waals surface area contributed by atoms with Crippen molar-refractivity contribution < 1.29 is 0 Å². The molecule has 1 saturated heterocycles. The molecule has 12 heavy (non-hydrogen) atoms. The van der Waals surface area contributed by atoms with Gasteiger partial charge in [0, 0.05) is 25.0 Å². The summed E-state index contributed by atoms with van der Waals surface area (Å²) in [5.74, 6) is 0.790. The average molecular weight is 160 g/mol. The molecule has 1 aromatic heterocycles. The summed E-state index contributed by atoms with van der Waals surface area (Å²) < 4.78 is 0. The van der Waals surface area contributed by atoms with Crippen LogP contribution in [0.15, 0.2) is 18.5 Å². The number of likely N-dealkylation sites (N-methyl/N-ethyl adjacent to an activating group) is 1. The number of hydrogen-bond donors (Lipinski definition) is 0. The lowest BCUT2D eigenvalue weighted by molar-refractivity contribution is 0.306. The Balaban J connectivity index is 2.17. The molecule has 2 atom stereocenters. The highest BCUT2D eigenvalue weighted by atomic mass is 15.2. The summed E-state index contributed by atoms with van der Waals surface area (Å²) in [5, 5.41) is 0. The number of hydrogen-bond acceptors (Lipinski definition) is 2. The predicted molar refractivity (Wildman–Crippen MR) is 47.0 cm³/mol. The van der Waals surface area contributed by atoms with Gasteiger partial charge >= 0.3 is 0 Å². The largest absolute Gasteiger partial charge is 0.299 e. The Morgan fingerprint density at radius 1 is 1.50 bits per heavy atom. The minimum atomic E-state index is 0.665. The quantitative estimate of drug-likeness (QED) is 0.572. The second-order valence-corrected chi connectivity index (χ2v) is 3.89. The van der Waals surface area contributed by atoms with Gasteiger partial charge in [-0.1, -0.05) is 0 Å². The summed E-state index contributed by atoms with van der Waals surface area (Å²) in [7, 11) is 2.21. The van der Waals surface area contributed by atoms with Gasteiger partial charge in [0.25, 0.3) is 0 Å². The minimum absolute atomic E-state index is 0.665. The van der Waals surface area contributed by atoms with Gasteiger partial charge in [-0.15, -0.1) is 0 Å². The van der Waals surface area contributed by atoms with E-state index in [1.165, 1.54) is 18.5 Å². The SMILES string of the molecule is CN1C[C@@H]2C[C@H]1c1cnccc12. The van der Waals surface area contributed by atoms with Crippen molar-refractivity contribution in [3.8, 4) is 0 Å². The Bertz CT molecular complexity index is 321. The van der Waals surface area contributed by atoms with Gasteiger partial charge in [-0.3, -0.25) is 9.88 Å². The first-order chi connectivity index (χ1) is 5.86. The summed E-state index contributed by atoms with van der Waals surface area (Å²) in [6.45, 7) is 1.24. The van der Waals surface area contributed by atoms with E-state index in [1.54, 1.807) is 5.56 Å². The third-order valence-corrected chi connectivity index (χ3v) is 3.23. The molecule has 1 aliphatic carbocycles. The number of fused-ring (bicyclic) bond motifs is 5. The summed E-state index contributed by atoms with van der Waals surface area (Å²) >= 11 is 0. The van der Waals surface area contributed by atoms with Crippen LogP contribution >= 0.6 is 0 Å². The molecule has 2 aliphatic rings. The van der Waals surface area contributed by atoms with Crippen LogP contribution in [0.3, 0.4) is 0 Å². The molecule has 2 heteroatoms. The first-order valence-electron chi connectivity index (χ1n) is 4.50. The van der Waals surface area contributed by atoms with Gasteiger partial charge < -0.3 is 0 Å². The maximum Gasteiger partial charge on any atom is 0.0369 e. The Hall–Kier alpha value is -0.890. The van der Waals surface area contributed by atoms with Crippen LogP contribution in [0.5, 0.6) is 0 Å². The fourth-order valence-electron chi connectivity index (χ4n) is 2.66. The maximum atomic E-state index is 4.18. The standard InChI is InChI=1S/C10H12N2/c1-12-6-7-4-10(12)9-5-11-3-2-8(7)9/h2-3,5,7,10H,4,6H2,1H3/t7-,10-/m0/s1. The number of nitrogens with zero attached hydrogens (tertiary/aromatic N) is 2. The van der Waals surface area contributed by atoms with Gasteiger partial charge in [-0.2, -0.15) is 0 Å². The highest BCUT2D eigenvalue weighted by Gasteiger charge is 2.40. The van der Waals surface area contributed by atoms with Gasteiger partial charge in [0.15, 0.2) is 0 Å². The smallest absolute Gasteiger partial charge is 0.0369 e. The molecule has 1 fully saturated rings. The van der Waals surface area contributed by atoms with Gasteiger partial charge in [-0.05, 0) is 36.6 Å². The van der Waals surface area contributed by atoms with E-state index in [4.69, 9.17) is 0 Å². The molecule has 1 aliphatic heterocycles. The molecule has 0 saturated carbocycles. The molecule has 2 heterocycles. The molecule has 0 amide bonds. The number of rotatable bonds is 0. The molecule has 1 aromatic rings. The number of likely N-dealkylation sites (tertiary alicyclic amines) is 1. The van der Waals surface area contributed by atoms with E-state index in [0.29, 0.717) is 6.04 Å². The zero-order valence-corrected chi connectivity index (χ0v) is 7.20. The van der Waals surface area contributed by atoms with Crippen molar-refractivity contribution in [1.29, 1.82) is 0 Å². The van der Waals surface area contributed by atoms with E-state index in [2.05, 4.69) is 23.0 Å². The van der Waals surface area contributed by atoms with Gasteiger partial charge in [0.1, 0.15) is 0 Å². The van der Waals surface area contributed by atoms with Crippen LogP contribution in [0.2, 0.25) is 0 Å². The zero-order valence-electron chi connectivity index (χ0n) is 7.20. The van der Waals surface area contributed by atoms with Crippen molar-refractivity contribution in [3.63, 3.8) is 0 Å². The molecule has 0 N–H and O–H groups in total. The van der Waals surface area contributed by atoms with Crippen molar-refractivity contribution in [3.05, 3.63) is 29.6 Å². The van der Waals surface area contributed by atoms with Crippen molar-refractivity contribution in [2.45, 2.75) is 18.4 Å². The van der Waals surface area contributed by atoms with Crippen LogP contribution in [0.1, 0.15) is 29.5 Å². The van der Waals surface area contributed by atoms with Gasteiger partial charge in [0.2, 0.25) is 0 Å². The van der Waals surface area contributed by atoms with E-state index in [9.17, 15) is 0 Å². The van der Waals surface area contributed by atoms with E-state index < -0.39 is 0 Å². The zero-order chi connectivity index (χ0) is 8.13. The van der Waals surface area contributed by atoms with Crippen molar-refractivity contribution >= 4 is 0 Å². The molecule has 62 valence electrons. The van der Waals surface area contributed by atoms with E-state index in [1.807, 2.05) is 12.4 Å². The molecule has 0 aromatic carbocycles. The molecular formula is C10H12N2. The van der Waals surface area contributed by atoms with Crippen molar-refractivity contribution in [1.82, 2.24) is 9.88 Å². The minimum Gasteiger partial charge on any atom is -0.299 e. The average Bonchev–Trinajstić information content (AvgIpc) is 2.62. The first kappa shape index (κ1) is 6.61. The van der Waals surface area contributed by atoms with Crippen LogP contribution in [0, 0.1) is 0 Å². The van der Waals surface area contributed by atoms with Crippen LogP contribution in [-0.4, -0.2) is 23.5 Å². The molecule has 0 spiro atoms. The Morgan fingerprint density at radius 3 is 3.33 bits per heavy atom. The Labute approximate surface area is 72.2 Å². The molecule has 2 bridgehead atoms. The highest BCUT2D eigenvalue weighted by Crippen LogP contribution is 2.48. The summed E-state index contributed by atoms with van der Waals surface area (Å²) in [6.07, 6.45) is 5.27. The normalized spacial score (nSPS) is 32.4. The predicted octanol–water partition coefficient (Wildman–Crippen LogP) is 1.56. The highest BCUT2D eigenvalue weighted by molar-refractivity contribution is 5.38. The molecule has 2 nitrogen and oxygen atoms in total. The first-order valence-corrected chi connectivity index (χ1v) is 4.50. The topological polar surface area (TPSA) is 16.1 Å². The lowest BCUT2D eigenvalue weighted by atomic mass is 10.0.